The van der Waals surface area contributed by atoms with Gasteiger partial charge in [0.25, 0.3) is 0 Å². The molecule has 0 aliphatic carbocycles. The number of rotatable bonds is 45. The van der Waals surface area contributed by atoms with Crippen molar-refractivity contribution in [3.8, 4) is 0 Å². The molecule has 1 heterocycles. The van der Waals surface area contributed by atoms with Crippen LogP contribution in [0.4, 0.5) is 0 Å². The van der Waals surface area contributed by atoms with Crippen molar-refractivity contribution in [2.45, 2.75) is 262 Å². The summed E-state index contributed by atoms with van der Waals surface area (Å²) >= 11 is 0. The summed E-state index contributed by atoms with van der Waals surface area (Å²) in [4.78, 5) is 13.0. The van der Waals surface area contributed by atoms with E-state index in [9.17, 15) is 30.3 Å². The Morgan fingerprint density at radius 1 is 0.522 bits per heavy atom. The lowest BCUT2D eigenvalue weighted by Crippen LogP contribution is -2.60. The zero-order chi connectivity index (χ0) is 48.7. The Morgan fingerprint density at radius 2 is 0.925 bits per heavy atom. The van der Waals surface area contributed by atoms with Crippen LogP contribution < -0.4 is 5.32 Å². The van der Waals surface area contributed by atoms with Crippen LogP contribution in [-0.2, 0) is 14.3 Å². The van der Waals surface area contributed by atoms with Crippen molar-refractivity contribution in [1.29, 1.82) is 0 Å². The molecule has 1 saturated heterocycles. The van der Waals surface area contributed by atoms with Crippen molar-refractivity contribution in [3.05, 3.63) is 85.1 Å². The molecule has 0 spiro atoms. The standard InChI is InChI=1S/C58H101NO8/c1-3-5-7-9-11-13-15-16-17-18-19-20-21-22-23-24-25-26-27-28-29-30-31-32-33-34-35-36-38-40-42-44-46-48-54(62)59-51(50-66-58-57(65)56(64)55(63)53(49-60)67-58)52(61)47-45-43-41-39-37-14-12-10-8-6-4-2/h5,7,11,13,16-17,19-20,22-23,25-26,45,47,51-53,55-58,60-61,63-65H,3-4,6,8-10,12,14-15,18,21,24,27-44,46,48-50H2,1-2H3,(H,59,62)/b7-5-,13-11-,17-16-,20-19-,23-22-,26-25-,47-45+. The van der Waals surface area contributed by atoms with Gasteiger partial charge >= 0.3 is 0 Å². The van der Waals surface area contributed by atoms with E-state index >= 15 is 0 Å². The second-order valence-electron chi connectivity index (χ2n) is 18.6. The largest absolute Gasteiger partial charge is 0.394 e. The first-order valence-corrected chi connectivity index (χ1v) is 27.3. The SMILES string of the molecule is CC/C=C\C/C=C\C/C=C\C/C=C\C/C=C\C/C=C\CCCCCCCCCCCCCCCCC(=O)NC(COC1OC(CO)C(O)C(O)C1O)C(O)/C=C/CCCCCCCCCCC. The first kappa shape index (κ1) is 62.4. The van der Waals surface area contributed by atoms with Crippen LogP contribution in [0.5, 0.6) is 0 Å². The van der Waals surface area contributed by atoms with Crippen molar-refractivity contribution in [2.24, 2.45) is 0 Å². The van der Waals surface area contributed by atoms with Gasteiger partial charge in [0.2, 0.25) is 5.91 Å². The maximum Gasteiger partial charge on any atom is 0.220 e. The predicted octanol–water partition coefficient (Wildman–Crippen LogP) is 13.1. The maximum absolute atomic E-state index is 13.0. The number of carbonyl (C=O) groups is 1. The molecule has 386 valence electrons. The van der Waals surface area contributed by atoms with Crippen LogP contribution >= 0.6 is 0 Å². The summed E-state index contributed by atoms with van der Waals surface area (Å²) in [5, 5.41) is 54.3. The first-order chi connectivity index (χ1) is 32.8. The summed E-state index contributed by atoms with van der Waals surface area (Å²) in [6, 6.07) is -0.807. The Bertz CT molecular complexity index is 1320. The minimum Gasteiger partial charge on any atom is -0.394 e. The van der Waals surface area contributed by atoms with Gasteiger partial charge in [-0.05, 0) is 70.6 Å². The van der Waals surface area contributed by atoms with Gasteiger partial charge in [-0.25, -0.2) is 0 Å². The Kier molecular flexibility index (Phi) is 43.8. The average Bonchev–Trinajstić information content (AvgIpc) is 3.33. The van der Waals surface area contributed by atoms with E-state index in [1.807, 2.05) is 6.08 Å². The fraction of sp³-hybridized carbons (Fsp3) is 0.741. The van der Waals surface area contributed by atoms with E-state index < -0.39 is 49.5 Å². The molecular formula is C58H101NO8. The molecule has 1 amide bonds. The lowest BCUT2D eigenvalue weighted by Gasteiger charge is -2.40. The highest BCUT2D eigenvalue weighted by molar-refractivity contribution is 5.76. The van der Waals surface area contributed by atoms with Gasteiger partial charge in [0.05, 0.1) is 25.4 Å². The van der Waals surface area contributed by atoms with Gasteiger partial charge in [0.15, 0.2) is 6.29 Å². The van der Waals surface area contributed by atoms with Crippen LogP contribution in [0.25, 0.3) is 0 Å². The number of nitrogens with one attached hydrogen (secondary N) is 1. The summed E-state index contributed by atoms with van der Waals surface area (Å²) < 4.78 is 11.2. The van der Waals surface area contributed by atoms with E-state index in [0.29, 0.717) is 6.42 Å². The van der Waals surface area contributed by atoms with Crippen LogP contribution in [0.2, 0.25) is 0 Å². The molecule has 0 saturated carbocycles. The van der Waals surface area contributed by atoms with Gasteiger partial charge in [-0.2, -0.15) is 0 Å². The van der Waals surface area contributed by atoms with E-state index in [2.05, 4.69) is 92.1 Å². The predicted molar refractivity (Wildman–Crippen MR) is 281 cm³/mol. The Morgan fingerprint density at radius 3 is 1.37 bits per heavy atom. The molecule has 6 N–H and O–H groups in total. The second kappa shape index (κ2) is 47.1. The normalized spacial score (nSPS) is 20.4. The number of aliphatic hydroxyl groups excluding tert-OH is 5. The number of hydrogen-bond acceptors (Lipinski definition) is 8. The molecule has 1 fully saturated rings. The van der Waals surface area contributed by atoms with Crippen molar-refractivity contribution in [2.75, 3.05) is 13.2 Å². The third-order valence-electron chi connectivity index (χ3n) is 12.5. The zero-order valence-corrected chi connectivity index (χ0v) is 42.6. The number of carbonyl (C=O) groups excluding carboxylic acids is 1. The monoisotopic (exact) mass is 940 g/mol. The molecule has 0 aromatic carbocycles. The van der Waals surface area contributed by atoms with E-state index in [0.717, 1.165) is 77.0 Å². The minimum atomic E-state index is -1.57. The highest BCUT2D eigenvalue weighted by Crippen LogP contribution is 2.23. The van der Waals surface area contributed by atoms with Crippen LogP contribution in [0.1, 0.15) is 219 Å². The fourth-order valence-electron chi connectivity index (χ4n) is 8.16. The number of ether oxygens (including phenoxy) is 2. The third kappa shape index (κ3) is 36.9. The van der Waals surface area contributed by atoms with Crippen molar-refractivity contribution in [3.63, 3.8) is 0 Å². The summed E-state index contributed by atoms with van der Waals surface area (Å²) in [6.07, 6.45) is 59.4. The summed E-state index contributed by atoms with van der Waals surface area (Å²) in [5.41, 5.74) is 0. The molecule has 0 radical (unpaired) electrons. The molecule has 1 aliphatic heterocycles. The minimum absolute atomic E-state index is 0.182. The lowest BCUT2D eigenvalue weighted by molar-refractivity contribution is -0.302. The molecule has 0 aromatic heterocycles. The maximum atomic E-state index is 13.0. The molecule has 7 unspecified atom stereocenters. The lowest BCUT2D eigenvalue weighted by atomic mass is 9.99. The number of amides is 1. The Labute approximate surface area is 410 Å². The molecule has 1 rings (SSSR count). The van der Waals surface area contributed by atoms with Crippen molar-refractivity contribution < 1.29 is 39.8 Å². The number of unbranched alkanes of at least 4 members (excludes halogenated alkanes) is 23. The molecule has 67 heavy (non-hydrogen) atoms. The summed E-state index contributed by atoms with van der Waals surface area (Å²) in [6.45, 7) is 3.64. The second-order valence-corrected chi connectivity index (χ2v) is 18.6. The first-order valence-electron chi connectivity index (χ1n) is 27.3. The topological polar surface area (TPSA) is 149 Å². The van der Waals surface area contributed by atoms with Crippen LogP contribution in [-0.4, -0.2) is 87.5 Å². The van der Waals surface area contributed by atoms with E-state index in [4.69, 9.17) is 9.47 Å². The van der Waals surface area contributed by atoms with Crippen molar-refractivity contribution >= 4 is 5.91 Å². The van der Waals surface area contributed by atoms with Gasteiger partial charge in [0, 0.05) is 6.42 Å². The average molecular weight is 940 g/mol. The van der Waals surface area contributed by atoms with Gasteiger partial charge in [-0.3, -0.25) is 4.79 Å². The Balaban J connectivity index is 2.14. The van der Waals surface area contributed by atoms with E-state index in [1.54, 1.807) is 6.08 Å². The van der Waals surface area contributed by atoms with Gasteiger partial charge in [-0.15, -0.1) is 0 Å². The molecule has 0 bridgehead atoms. The molecule has 7 atom stereocenters. The summed E-state index contributed by atoms with van der Waals surface area (Å²) in [5.74, 6) is -0.182. The van der Waals surface area contributed by atoms with Gasteiger partial charge in [0.1, 0.15) is 24.4 Å². The number of hydrogen-bond donors (Lipinski definition) is 6. The third-order valence-corrected chi connectivity index (χ3v) is 12.5. The molecule has 9 nitrogen and oxygen atoms in total. The Hall–Kier alpha value is -2.63. The van der Waals surface area contributed by atoms with E-state index in [-0.39, 0.29) is 12.5 Å². The smallest absolute Gasteiger partial charge is 0.220 e. The van der Waals surface area contributed by atoms with Crippen LogP contribution in [0.3, 0.4) is 0 Å². The number of allylic oxidation sites excluding steroid dienone is 13. The number of aliphatic hydroxyl groups is 5. The zero-order valence-electron chi connectivity index (χ0n) is 42.6. The molecule has 1 aliphatic rings. The van der Waals surface area contributed by atoms with Crippen LogP contribution in [0, 0.1) is 0 Å². The summed E-state index contributed by atoms with van der Waals surface area (Å²) in [7, 11) is 0. The molecule has 9 heteroatoms. The highest BCUT2D eigenvalue weighted by atomic mass is 16.7. The van der Waals surface area contributed by atoms with E-state index in [1.165, 1.54) is 122 Å². The van der Waals surface area contributed by atoms with Crippen LogP contribution in [0.15, 0.2) is 85.1 Å². The fourth-order valence-corrected chi connectivity index (χ4v) is 8.16. The highest BCUT2D eigenvalue weighted by Gasteiger charge is 2.44. The van der Waals surface area contributed by atoms with Gasteiger partial charge < -0.3 is 40.3 Å². The molecule has 0 aromatic rings. The van der Waals surface area contributed by atoms with Crippen molar-refractivity contribution in [1.82, 2.24) is 5.32 Å². The van der Waals surface area contributed by atoms with Gasteiger partial charge in [-0.1, -0.05) is 227 Å². The molecular weight excluding hydrogens is 839 g/mol. The quantitative estimate of drug-likeness (QED) is 0.0261.